The quantitative estimate of drug-likeness (QED) is 0.617. The Bertz CT molecular complexity index is 135. The molecular weight excluding hydrogens is 148 g/mol. The molecule has 12 heavy (non-hydrogen) atoms. The van der Waals surface area contributed by atoms with Crippen molar-refractivity contribution < 1.29 is 0 Å². The molecule has 0 amide bonds. The summed E-state index contributed by atoms with van der Waals surface area (Å²) in [5.41, 5.74) is 0. The minimum absolute atomic E-state index is 0.670. The van der Waals surface area contributed by atoms with Crippen LogP contribution in [0.15, 0.2) is 0 Å². The fraction of sp³-hybridized carbons (Fsp3) is 0.900. The van der Waals surface area contributed by atoms with Crippen LogP contribution in [0.3, 0.4) is 0 Å². The number of unbranched alkanes of at least 4 members (excludes halogenated alkanes) is 1. The first-order valence-electron chi connectivity index (χ1n) is 4.76. The van der Waals surface area contributed by atoms with Crippen LogP contribution in [0, 0.1) is 23.2 Å². The Morgan fingerprint density at radius 3 is 2.50 bits per heavy atom. The predicted octanol–water partition coefficient (Wildman–Crippen LogP) is 2.17. The minimum Gasteiger partial charge on any atom is -0.316 e. The van der Waals surface area contributed by atoms with Gasteiger partial charge in [0.15, 0.2) is 0 Å². The number of hydrogen-bond donors (Lipinski definition) is 1. The lowest BCUT2D eigenvalue weighted by molar-refractivity contribution is 0.392. The summed E-state index contributed by atoms with van der Waals surface area (Å²) >= 11 is 0. The molecule has 0 bridgehead atoms. The molecule has 0 aromatic carbocycles. The molecule has 0 aliphatic rings. The smallest absolute Gasteiger partial charge is 0.0622 e. The maximum absolute atomic E-state index is 8.29. The Hall–Kier alpha value is -0.550. The fourth-order valence-corrected chi connectivity index (χ4v) is 0.858. The Balaban J connectivity index is 3.15. The number of nitrogens with zero attached hydrogens (tertiary/aromatic N) is 1. The summed E-state index contributed by atoms with van der Waals surface area (Å²) in [6, 6.07) is 2.14. The van der Waals surface area contributed by atoms with Crippen molar-refractivity contribution in [1.29, 1.82) is 5.26 Å². The summed E-state index contributed by atoms with van der Waals surface area (Å²) in [7, 11) is 0. The molecule has 0 aliphatic heterocycles. The molecule has 70 valence electrons. The highest BCUT2D eigenvalue weighted by atomic mass is 14.8. The van der Waals surface area contributed by atoms with Crippen LogP contribution < -0.4 is 5.32 Å². The first kappa shape index (κ1) is 11.4. The van der Waals surface area contributed by atoms with E-state index in [-0.39, 0.29) is 0 Å². The minimum atomic E-state index is 0.670. The topological polar surface area (TPSA) is 35.8 Å². The van der Waals surface area contributed by atoms with Crippen molar-refractivity contribution in [2.75, 3.05) is 13.1 Å². The summed E-state index contributed by atoms with van der Waals surface area (Å²) in [5.74, 6) is 1.47. The molecule has 0 aromatic rings. The average molecular weight is 168 g/mol. The largest absolute Gasteiger partial charge is 0.316 e. The van der Waals surface area contributed by atoms with Gasteiger partial charge in [0, 0.05) is 6.42 Å². The van der Waals surface area contributed by atoms with Gasteiger partial charge in [-0.05, 0) is 31.3 Å². The van der Waals surface area contributed by atoms with Crippen LogP contribution in [0.4, 0.5) is 0 Å². The van der Waals surface area contributed by atoms with Crippen molar-refractivity contribution in [3.8, 4) is 6.07 Å². The summed E-state index contributed by atoms with van der Waals surface area (Å²) in [6.45, 7) is 8.78. The molecule has 0 rings (SSSR count). The highest BCUT2D eigenvalue weighted by molar-refractivity contribution is 4.69. The van der Waals surface area contributed by atoms with Gasteiger partial charge in [0.1, 0.15) is 0 Å². The standard InChI is InChI=1S/C10H20N2/c1-9(2)10(3)8-12-7-5-4-6-11/h9-10,12H,4-5,7-8H2,1-3H3. The van der Waals surface area contributed by atoms with Crippen molar-refractivity contribution in [2.45, 2.75) is 33.6 Å². The second-order valence-corrected chi connectivity index (χ2v) is 3.69. The maximum atomic E-state index is 8.29. The van der Waals surface area contributed by atoms with Gasteiger partial charge in [0.2, 0.25) is 0 Å². The number of nitriles is 1. The first-order valence-corrected chi connectivity index (χ1v) is 4.76. The van der Waals surface area contributed by atoms with Crippen LogP contribution in [0.1, 0.15) is 33.6 Å². The van der Waals surface area contributed by atoms with Gasteiger partial charge in [0.05, 0.1) is 6.07 Å². The molecule has 1 unspecified atom stereocenters. The van der Waals surface area contributed by atoms with Crippen LogP contribution in [-0.4, -0.2) is 13.1 Å². The number of nitrogens with one attached hydrogen (secondary N) is 1. The average Bonchev–Trinajstić information content (AvgIpc) is 2.03. The molecule has 0 aromatic heterocycles. The zero-order valence-electron chi connectivity index (χ0n) is 8.43. The van der Waals surface area contributed by atoms with Crippen molar-refractivity contribution >= 4 is 0 Å². The highest BCUT2D eigenvalue weighted by Gasteiger charge is 2.04. The molecule has 2 nitrogen and oxygen atoms in total. The summed E-state index contributed by atoms with van der Waals surface area (Å²) in [6.07, 6.45) is 1.64. The van der Waals surface area contributed by atoms with Gasteiger partial charge in [-0.1, -0.05) is 20.8 Å². The Kier molecular flexibility index (Phi) is 6.79. The van der Waals surface area contributed by atoms with Crippen LogP contribution in [0.5, 0.6) is 0 Å². The van der Waals surface area contributed by atoms with Gasteiger partial charge >= 0.3 is 0 Å². The molecule has 0 heterocycles. The third-order valence-corrected chi connectivity index (χ3v) is 2.25. The van der Waals surface area contributed by atoms with Gasteiger partial charge in [-0.2, -0.15) is 5.26 Å². The Morgan fingerprint density at radius 1 is 1.33 bits per heavy atom. The predicted molar refractivity (Wildman–Crippen MR) is 51.7 cm³/mol. The monoisotopic (exact) mass is 168 g/mol. The van der Waals surface area contributed by atoms with E-state index >= 15 is 0 Å². The molecule has 0 saturated carbocycles. The summed E-state index contributed by atoms with van der Waals surface area (Å²) < 4.78 is 0. The van der Waals surface area contributed by atoms with Crippen molar-refractivity contribution in [2.24, 2.45) is 11.8 Å². The Labute approximate surface area is 76.0 Å². The third-order valence-electron chi connectivity index (χ3n) is 2.25. The van der Waals surface area contributed by atoms with E-state index < -0.39 is 0 Å². The molecule has 0 radical (unpaired) electrons. The van der Waals surface area contributed by atoms with E-state index in [2.05, 4.69) is 32.2 Å². The van der Waals surface area contributed by atoms with Gasteiger partial charge in [0.25, 0.3) is 0 Å². The molecule has 0 saturated heterocycles. The molecule has 0 spiro atoms. The Morgan fingerprint density at radius 2 is 2.00 bits per heavy atom. The van der Waals surface area contributed by atoms with Crippen molar-refractivity contribution in [3.63, 3.8) is 0 Å². The molecule has 2 heteroatoms. The number of hydrogen-bond acceptors (Lipinski definition) is 2. The van der Waals surface area contributed by atoms with E-state index in [1.807, 2.05) is 0 Å². The third kappa shape index (κ3) is 6.18. The lowest BCUT2D eigenvalue weighted by atomic mass is 9.98. The molecule has 1 N–H and O–H groups in total. The van der Waals surface area contributed by atoms with Crippen LogP contribution in [0.25, 0.3) is 0 Å². The van der Waals surface area contributed by atoms with Crippen LogP contribution >= 0.6 is 0 Å². The maximum Gasteiger partial charge on any atom is 0.0622 e. The molecule has 0 fully saturated rings. The second-order valence-electron chi connectivity index (χ2n) is 3.69. The SMILES string of the molecule is CC(C)C(C)CNCCCC#N. The molecular formula is C10H20N2. The lowest BCUT2D eigenvalue weighted by Crippen LogP contribution is -2.24. The first-order chi connectivity index (χ1) is 5.68. The second kappa shape index (κ2) is 7.12. The summed E-state index contributed by atoms with van der Waals surface area (Å²) in [4.78, 5) is 0. The van der Waals surface area contributed by atoms with Gasteiger partial charge in [-0.15, -0.1) is 0 Å². The van der Waals surface area contributed by atoms with E-state index in [0.717, 1.165) is 31.3 Å². The molecule has 0 aliphatic carbocycles. The van der Waals surface area contributed by atoms with E-state index in [9.17, 15) is 0 Å². The van der Waals surface area contributed by atoms with Gasteiger partial charge in [-0.25, -0.2) is 0 Å². The van der Waals surface area contributed by atoms with E-state index in [1.165, 1.54) is 0 Å². The van der Waals surface area contributed by atoms with Crippen LogP contribution in [-0.2, 0) is 0 Å². The number of rotatable bonds is 6. The van der Waals surface area contributed by atoms with Crippen molar-refractivity contribution in [3.05, 3.63) is 0 Å². The van der Waals surface area contributed by atoms with Crippen molar-refractivity contribution in [1.82, 2.24) is 5.32 Å². The fourth-order valence-electron chi connectivity index (χ4n) is 0.858. The zero-order chi connectivity index (χ0) is 9.40. The lowest BCUT2D eigenvalue weighted by Gasteiger charge is -2.15. The normalized spacial score (nSPS) is 12.9. The summed E-state index contributed by atoms with van der Waals surface area (Å²) in [5, 5.41) is 11.6. The van der Waals surface area contributed by atoms with E-state index in [4.69, 9.17) is 5.26 Å². The van der Waals surface area contributed by atoms with Gasteiger partial charge in [-0.3, -0.25) is 0 Å². The van der Waals surface area contributed by atoms with Gasteiger partial charge < -0.3 is 5.32 Å². The zero-order valence-corrected chi connectivity index (χ0v) is 8.43. The van der Waals surface area contributed by atoms with Crippen LogP contribution in [0.2, 0.25) is 0 Å². The van der Waals surface area contributed by atoms with E-state index in [0.29, 0.717) is 6.42 Å². The molecule has 1 atom stereocenters. The highest BCUT2D eigenvalue weighted by Crippen LogP contribution is 2.07. The van der Waals surface area contributed by atoms with E-state index in [1.54, 1.807) is 0 Å².